The highest BCUT2D eigenvalue weighted by atomic mass is 35.5. The molecule has 0 atom stereocenters. The molecule has 0 heterocycles. The lowest BCUT2D eigenvalue weighted by molar-refractivity contribution is -0.384. The summed E-state index contributed by atoms with van der Waals surface area (Å²) in [4.78, 5) is 23.2. The van der Waals surface area contributed by atoms with Gasteiger partial charge in [-0.3, -0.25) is 10.1 Å². The Labute approximate surface area is 84.2 Å². The minimum Gasteiger partial charge on any atom is -0.258 e. The molecule has 0 amide bonds. The van der Waals surface area contributed by atoms with Crippen molar-refractivity contribution in [3.05, 3.63) is 32.8 Å². The molecular weight excluding hydrogens is 208 g/mol. The Hall–Kier alpha value is -1.71. The van der Waals surface area contributed by atoms with Crippen LogP contribution in [0, 0.1) is 17.0 Å². The van der Waals surface area contributed by atoms with Crippen molar-refractivity contribution in [2.24, 2.45) is 4.99 Å². The van der Waals surface area contributed by atoms with Crippen molar-refractivity contribution in [3.63, 3.8) is 0 Å². The molecule has 0 bridgehead atoms. The van der Waals surface area contributed by atoms with E-state index in [9.17, 15) is 14.9 Å². The molecule has 0 aliphatic carbocycles. The van der Waals surface area contributed by atoms with Gasteiger partial charge in [-0.25, -0.2) is 4.79 Å². The first-order valence-corrected chi connectivity index (χ1v) is 3.96. The van der Waals surface area contributed by atoms with Crippen molar-refractivity contribution in [2.75, 3.05) is 0 Å². The van der Waals surface area contributed by atoms with Gasteiger partial charge in [-0.15, -0.1) is 0 Å². The molecule has 5 nitrogen and oxygen atoms in total. The minimum absolute atomic E-state index is 0.0741. The number of rotatable bonds is 2. The first kappa shape index (κ1) is 10.4. The van der Waals surface area contributed by atoms with E-state index in [0.29, 0.717) is 10.6 Å². The van der Waals surface area contributed by atoms with Crippen LogP contribution in [0.5, 0.6) is 0 Å². The number of nitrogens with zero attached hydrogens (tertiary/aromatic N) is 2. The molecule has 0 aliphatic rings. The second kappa shape index (κ2) is 4.00. The number of aliphatic imine (C=N–C) groups is 1. The van der Waals surface area contributed by atoms with Gasteiger partial charge in [0.1, 0.15) is 0 Å². The summed E-state index contributed by atoms with van der Waals surface area (Å²) in [7, 11) is 0. The third-order valence-corrected chi connectivity index (χ3v) is 1.81. The van der Waals surface area contributed by atoms with Gasteiger partial charge in [-0.1, -0.05) is 11.6 Å². The summed E-state index contributed by atoms with van der Waals surface area (Å²) in [6.07, 6.45) is 1.25. The predicted molar refractivity (Wildman–Crippen MR) is 50.6 cm³/mol. The molecule has 0 N–H and O–H groups in total. The summed E-state index contributed by atoms with van der Waals surface area (Å²) in [5.41, 5.74) is 0.0595. The van der Waals surface area contributed by atoms with Crippen LogP contribution in [0.15, 0.2) is 17.1 Å². The first-order chi connectivity index (χ1) is 6.56. The van der Waals surface area contributed by atoms with Gasteiger partial charge in [-0.05, 0) is 19.1 Å². The number of hydrogen-bond donors (Lipinski definition) is 0. The zero-order valence-electron chi connectivity index (χ0n) is 7.15. The lowest BCUT2D eigenvalue weighted by Gasteiger charge is -2.00. The smallest absolute Gasteiger partial charge is 0.258 e. The van der Waals surface area contributed by atoms with Gasteiger partial charge >= 0.3 is 0 Å². The average molecular weight is 213 g/mol. The molecule has 1 aromatic rings. The van der Waals surface area contributed by atoms with Gasteiger partial charge in [-0.2, -0.15) is 4.99 Å². The zero-order chi connectivity index (χ0) is 10.7. The second-order valence-electron chi connectivity index (χ2n) is 2.55. The first-order valence-electron chi connectivity index (χ1n) is 3.58. The average Bonchev–Trinajstić information content (AvgIpc) is 2.01. The van der Waals surface area contributed by atoms with Crippen molar-refractivity contribution in [1.29, 1.82) is 0 Å². The molecule has 1 aromatic carbocycles. The Bertz CT molecular complexity index is 438. The van der Waals surface area contributed by atoms with Crippen LogP contribution < -0.4 is 0 Å². The Morgan fingerprint density at radius 3 is 2.71 bits per heavy atom. The summed E-state index contributed by atoms with van der Waals surface area (Å²) in [5, 5.41) is 10.9. The van der Waals surface area contributed by atoms with E-state index in [1.807, 2.05) is 0 Å². The molecule has 72 valence electrons. The minimum atomic E-state index is -0.609. The maximum atomic E-state index is 10.6. The third kappa shape index (κ3) is 1.96. The SMILES string of the molecule is Cc1cc(Cl)cc(N=C=O)c1[N+](=O)[O-]. The van der Waals surface area contributed by atoms with E-state index >= 15 is 0 Å². The summed E-state index contributed by atoms with van der Waals surface area (Å²) in [5.74, 6) is 0. The van der Waals surface area contributed by atoms with Crippen LogP contribution in [0.25, 0.3) is 0 Å². The number of aryl methyl sites for hydroxylation is 1. The van der Waals surface area contributed by atoms with E-state index in [4.69, 9.17) is 11.6 Å². The highest BCUT2D eigenvalue weighted by molar-refractivity contribution is 6.31. The number of nitro groups is 1. The van der Waals surface area contributed by atoms with Crippen LogP contribution in [-0.4, -0.2) is 11.0 Å². The van der Waals surface area contributed by atoms with E-state index in [-0.39, 0.29) is 11.4 Å². The lowest BCUT2D eigenvalue weighted by atomic mass is 10.2. The van der Waals surface area contributed by atoms with Gasteiger partial charge in [0, 0.05) is 10.6 Å². The normalized spacial score (nSPS) is 9.29. The van der Waals surface area contributed by atoms with E-state index in [1.165, 1.54) is 25.1 Å². The second-order valence-corrected chi connectivity index (χ2v) is 2.99. The van der Waals surface area contributed by atoms with Gasteiger partial charge in [0.25, 0.3) is 5.69 Å². The van der Waals surface area contributed by atoms with Gasteiger partial charge < -0.3 is 0 Å². The molecule has 0 unspecified atom stereocenters. The quantitative estimate of drug-likeness (QED) is 0.327. The molecule has 14 heavy (non-hydrogen) atoms. The van der Waals surface area contributed by atoms with Crippen LogP contribution in [0.1, 0.15) is 5.56 Å². The predicted octanol–water partition coefficient (Wildman–Crippen LogP) is 2.52. The highest BCUT2D eigenvalue weighted by Gasteiger charge is 2.17. The molecule has 0 radical (unpaired) electrons. The highest BCUT2D eigenvalue weighted by Crippen LogP contribution is 2.33. The molecule has 0 saturated heterocycles. The van der Waals surface area contributed by atoms with E-state index in [1.54, 1.807) is 0 Å². The summed E-state index contributed by atoms with van der Waals surface area (Å²) in [6.45, 7) is 1.52. The van der Waals surface area contributed by atoms with Crippen LogP contribution in [-0.2, 0) is 4.79 Å². The van der Waals surface area contributed by atoms with Gasteiger partial charge in [0.05, 0.1) is 4.92 Å². The lowest BCUT2D eigenvalue weighted by Crippen LogP contribution is -1.92. The van der Waals surface area contributed by atoms with Crippen molar-refractivity contribution in [1.82, 2.24) is 0 Å². The summed E-state index contributed by atoms with van der Waals surface area (Å²) >= 11 is 5.65. The summed E-state index contributed by atoms with van der Waals surface area (Å²) < 4.78 is 0. The van der Waals surface area contributed by atoms with Crippen LogP contribution in [0.2, 0.25) is 5.02 Å². The number of halogens is 1. The Morgan fingerprint density at radius 1 is 1.57 bits per heavy atom. The number of benzene rings is 1. The Balaban J connectivity index is 3.51. The molecule has 0 spiro atoms. The van der Waals surface area contributed by atoms with Gasteiger partial charge in [0.2, 0.25) is 6.08 Å². The fourth-order valence-corrected chi connectivity index (χ4v) is 1.36. The van der Waals surface area contributed by atoms with Crippen LogP contribution in [0.4, 0.5) is 11.4 Å². The zero-order valence-corrected chi connectivity index (χ0v) is 7.91. The fourth-order valence-electron chi connectivity index (χ4n) is 1.09. The Morgan fingerprint density at radius 2 is 2.21 bits per heavy atom. The van der Waals surface area contributed by atoms with Crippen molar-refractivity contribution < 1.29 is 9.72 Å². The number of carbonyl (C=O) groups excluding carboxylic acids is 1. The Kier molecular flexibility index (Phi) is 2.96. The number of nitro benzene ring substituents is 1. The molecule has 6 heteroatoms. The third-order valence-electron chi connectivity index (χ3n) is 1.59. The molecule has 0 aliphatic heterocycles. The topological polar surface area (TPSA) is 72.6 Å². The van der Waals surface area contributed by atoms with Crippen LogP contribution >= 0.6 is 11.6 Å². The largest absolute Gasteiger partial charge is 0.298 e. The van der Waals surface area contributed by atoms with Crippen molar-refractivity contribution in [3.8, 4) is 0 Å². The summed E-state index contributed by atoms with van der Waals surface area (Å²) in [6, 6.07) is 2.68. The van der Waals surface area contributed by atoms with Gasteiger partial charge in [0.15, 0.2) is 5.69 Å². The van der Waals surface area contributed by atoms with E-state index in [2.05, 4.69) is 4.99 Å². The number of isocyanates is 1. The maximum absolute atomic E-state index is 10.6. The van der Waals surface area contributed by atoms with E-state index < -0.39 is 4.92 Å². The van der Waals surface area contributed by atoms with Crippen molar-refractivity contribution in [2.45, 2.75) is 6.92 Å². The monoisotopic (exact) mass is 212 g/mol. The van der Waals surface area contributed by atoms with E-state index in [0.717, 1.165) is 0 Å². The van der Waals surface area contributed by atoms with Crippen LogP contribution in [0.3, 0.4) is 0 Å². The molecule has 0 saturated carbocycles. The molecular formula is C8H5ClN2O3. The molecule has 0 fully saturated rings. The maximum Gasteiger partial charge on any atom is 0.298 e. The molecule has 1 rings (SSSR count). The number of hydrogen-bond acceptors (Lipinski definition) is 4. The fraction of sp³-hybridized carbons (Fsp3) is 0.125. The standard InChI is InChI=1S/C8H5ClN2O3/c1-5-2-6(9)3-7(10-4-12)8(5)11(13)14/h2-3H,1H3. The van der Waals surface area contributed by atoms with Crippen molar-refractivity contribution >= 4 is 29.1 Å². The molecule has 0 aromatic heterocycles.